The van der Waals surface area contributed by atoms with Crippen LogP contribution in [0.3, 0.4) is 0 Å². The van der Waals surface area contributed by atoms with Crippen molar-refractivity contribution < 1.29 is 19.7 Å². The molecular weight excluding hydrogens is 232 g/mol. The second-order valence-corrected chi connectivity index (χ2v) is 5.81. The number of ether oxygens (including phenoxy) is 2. The van der Waals surface area contributed by atoms with E-state index < -0.39 is 0 Å². The van der Waals surface area contributed by atoms with Crippen LogP contribution in [0.25, 0.3) is 0 Å². The number of rotatable bonds is 5. The monoisotopic (exact) mass is 260 g/mol. The first-order valence-corrected chi connectivity index (χ1v) is 6.84. The highest BCUT2D eigenvalue weighted by atomic mass is 16.5. The van der Waals surface area contributed by atoms with Crippen molar-refractivity contribution in [3.8, 4) is 0 Å². The molecule has 0 aromatic carbocycles. The third-order valence-electron chi connectivity index (χ3n) is 5.09. The zero-order valence-corrected chi connectivity index (χ0v) is 12.3. The molecule has 4 nitrogen and oxygen atoms in total. The predicted octanol–water partition coefficient (Wildman–Crippen LogP) is 1.59. The van der Waals surface area contributed by atoms with Crippen LogP contribution in [0, 0.1) is 10.8 Å². The number of hydrogen-bond acceptors (Lipinski definition) is 4. The minimum Gasteiger partial charge on any atom is -0.394 e. The van der Waals surface area contributed by atoms with Gasteiger partial charge in [0.25, 0.3) is 0 Å². The zero-order chi connectivity index (χ0) is 14.0. The maximum Gasteiger partial charge on any atom is 0.0889 e. The molecule has 0 amide bonds. The molecule has 0 aromatic heterocycles. The standard InChI is InChI=1S/C14H28O4/c1-6-13(3)10(8-15)18-11(9-16)14(4,7-2)12(13)17-5/h10-12,15-16H,6-9H2,1-5H3/t10-,11+,12?,13-,14+. The Bertz CT molecular complexity index is 247. The van der Waals surface area contributed by atoms with Gasteiger partial charge in [-0.1, -0.05) is 27.7 Å². The molecule has 18 heavy (non-hydrogen) atoms. The summed E-state index contributed by atoms with van der Waals surface area (Å²) in [6, 6.07) is 0. The van der Waals surface area contributed by atoms with E-state index in [0.717, 1.165) is 12.8 Å². The Morgan fingerprint density at radius 3 is 1.61 bits per heavy atom. The molecule has 1 fully saturated rings. The fraction of sp³-hybridized carbons (Fsp3) is 1.00. The van der Waals surface area contributed by atoms with Gasteiger partial charge in [-0.3, -0.25) is 0 Å². The smallest absolute Gasteiger partial charge is 0.0889 e. The van der Waals surface area contributed by atoms with E-state index in [1.807, 2.05) is 0 Å². The lowest BCUT2D eigenvalue weighted by Crippen LogP contribution is -2.64. The van der Waals surface area contributed by atoms with Gasteiger partial charge in [0.2, 0.25) is 0 Å². The Morgan fingerprint density at radius 1 is 1.00 bits per heavy atom. The number of hydrogen-bond donors (Lipinski definition) is 2. The molecule has 1 heterocycles. The van der Waals surface area contributed by atoms with Crippen molar-refractivity contribution in [2.45, 2.75) is 58.8 Å². The first kappa shape index (κ1) is 15.9. The van der Waals surface area contributed by atoms with Crippen LogP contribution in [-0.2, 0) is 9.47 Å². The summed E-state index contributed by atoms with van der Waals surface area (Å²) in [5.41, 5.74) is -0.472. The molecule has 0 spiro atoms. The molecule has 0 radical (unpaired) electrons. The number of methoxy groups -OCH3 is 1. The van der Waals surface area contributed by atoms with E-state index in [2.05, 4.69) is 27.7 Å². The Hall–Kier alpha value is -0.160. The van der Waals surface area contributed by atoms with Crippen molar-refractivity contribution >= 4 is 0 Å². The average Bonchev–Trinajstić information content (AvgIpc) is 2.39. The minimum atomic E-state index is -0.288. The zero-order valence-electron chi connectivity index (χ0n) is 12.3. The molecule has 0 bridgehead atoms. The second kappa shape index (κ2) is 5.87. The van der Waals surface area contributed by atoms with Crippen LogP contribution >= 0.6 is 0 Å². The molecule has 1 aliphatic rings. The molecule has 108 valence electrons. The number of aliphatic hydroxyl groups is 2. The predicted molar refractivity (Wildman–Crippen MR) is 70.4 cm³/mol. The summed E-state index contributed by atoms with van der Waals surface area (Å²) in [7, 11) is 1.71. The van der Waals surface area contributed by atoms with Gasteiger partial charge in [-0.2, -0.15) is 0 Å². The van der Waals surface area contributed by atoms with Gasteiger partial charge in [0.1, 0.15) is 0 Å². The molecule has 0 aliphatic carbocycles. The van der Waals surface area contributed by atoms with Gasteiger partial charge in [0.15, 0.2) is 0 Å². The maximum atomic E-state index is 9.57. The van der Waals surface area contributed by atoms with Gasteiger partial charge in [0.05, 0.1) is 31.5 Å². The van der Waals surface area contributed by atoms with Gasteiger partial charge in [0, 0.05) is 17.9 Å². The largest absolute Gasteiger partial charge is 0.394 e. The van der Waals surface area contributed by atoms with Crippen molar-refractivity contribution in [3.63, 3.8) is 0 Å². The molecule has 0 aromatic rings. The van der Waals surface area contributed by atoms with Crippen molar-refractivity contribution in [2.75, 3.05) is 20.3 Å². The summed E-state index contributed by atoms with van der Waals surface area (Å²) in [5.74, 6) is 0. The molecule has 5 atom stereocenters. The minimum absolute atomic E-state index is 0.0388. The Labute approximate surface area is 110 Å². The quantitative estimate of drug-likeness (QED) is 0.788. The van der Waals surface area contributed by atoms with Gasteiger partial charge in [-0.25, -0.2) is 0 Å². The first-order chi connectivity index (χ1) is 8.44. The van der Waals surface area contributed by atoms with Crippen molar-refractivity contribution in [2.24, 2.45) is 10.8 Å². The van der Waals surface area contributed by atoms with Gasteiger partial charge >= 0.3 is 0 Å². The topological polar surface area (TPSA) is 58.9 Å². The van der Waals surface area contributed by atoms with Crippen molar-refractivity contribution in [1.82, 2.24) is 0 Å². The molecule has 2 N–H and O–H groups in total. The third kappa shape index (κ3) is 2.20. The van der Waals surface area contributed by atoms with Crippen LogP contribution in [-0.4, -0.2) is 48.8 Å². The summed E-state index contributed by atoms with van der Waals surface area (Å²) in [6.07, 6.45) is 1.12. The molecule has 1 rings (SSSR count). The van der Waals surface area contributed by atoms with E-state index in [0.29, 0.717) is 0 Å². The van der Waals surface area contributed by atoms with Crippen LogP contribution in [0.4, 0.5) is 0 Å². The molecule has 4 heteroatoms. The number of aliphatic hydroxyl groups excluding tert-OH is 2. The van der Waals surface area contributed by atoms with Crippen LogP contribution in [0.2, 0.25) is 0 Å². The molecule has 1 aliphatic heterocycles. The van der Waals surface area contributed by atoms with Crippen molar-refractivity contribution in [1.29, 1.82) is 0 Å². The van der Waals surface area contributed by atoms with E-state index in [4.69, 9.17) is 9.47 Å². The Kier molecular flexibility index (Phi) is 5.18. The summed E-state index contributed by atoms with van der Waals surface area (Å²) in [5, 5.41) is 19.1. The maximum absolute atomic E-state index is 9.57. The Balaban J connectivity index is 3.20. The van der Waals surface area contributed by atoms with Crippen LogP contribution in [0.5, 0.6) is 0 Å². The lowest BCUT2D eigenvalue weighted by Gasteiger charge is -2.57. The van der Waals surface area contributed by atoms with E-state index in [9.17, 15) is 10.2 Å². The van der Waals surface area contributed by atoms with E-state index in [1.54, 1.807) is 7.11 Å². The highest BCUT2D eigenvalue weighted by Gasteiger charge is 2.57. The fourth-order valence-corrected chi connectivity index (χ4v) is 3.47. The lowest BCUT2D eigenvalue weighted by molar-refractivity contribution is -0.271. The Morgan fingerprint density at radius 2 is 1.39 bits per heavy atom. The average molecular weight is 260 g/mol. The molecule has 0 saturated carbocycles. The van der Waals surface area contributed by atoms with Crippen molar-refractivity contribution in [3.05, 3.63) is 0 Å². The van der Waals surface area contributed by atoms with Gasteiger partial charge in [-0.15, -0.1) is 0 Å². The SMILES string of the molecule is CC[C@@]1(C)C(OC)[C@@](C)(CC)[C@H](CO)O[C@@H]1CO. The first-order valence-electron chi connectivity index (χ1n) is 6.84. The molecular formula is C14H28O4. The normalized spacial score (nSPS) is 45.2. The lowest BCUT2D eigenvalue weighted by atomic mass is 9.60. The van der Waals surface area contributed by atoms with Gasteiger partial charge in [-0.05, 0) is 12.8 Å². The van der Waals surface area contributed by atoms with E-state index in [1.165, 1.54) is 0 Å². The molecule has 1 saturated heterocycles. The fourth-order valence-electron chi connectivity index (χ4n) is 3.47. The highest BCUT2D eigenvalue weighted by Crippen LogP contribution is 2.51. The summed E-state index contributed by atoms with van der Waals surface area (Å²) < 4.78 is 11.7. The molecule has 1 unspecified atom stereocenters. The summed E-state index contributed by atoms with van der Waals surface area (Å²) >= 11 is 0. The highest BCUT2D eigenvalue weighted by molar-refractivity contribution is 5.05. The van der Waals surface area contributed by atoms with E-state index in [-0.39, 0.29) is 42.4 Å². The summed E-state index contributed by atoms with van der Waals surface area (Å²) in [4.78, 5) is 0. The summed E-state index contributed by atoms with van der Waals surface area (Å²) in [6.45, 7) is 8.30. The van der Waals surface area contributed by atoms with Gasteiger partial charge < -0.3 is 19.7 Å². The van der Waals surface area contributed by atoms with E-state index >= 15 is 0 Å². The third-order valence-corrected chi connectivity index (χ3v) is 5.09. The van der Waals surface area contributed by atoms with Crippen LogP contribution in [0.15, 0.2) is 0 Å². The second-order valence-electron chi connectivity index (χ2n) is 5.81. The van der Waals surface area contributed by atoms with Crippen LogP contribution < -0.4 is 0 Å². The van der Waals surface area contributed by atoms with Crippen LogP contribution in [0.1, 0.15) is 40.5 Å².